The number of hydrogen-bond acceptors (Lipinski definition) is 3. The summed E-state index contributed by atoms with van der Waals surface area (Å²) in [4.78, 5) is 33.8. The molecule has 0 radical (unpaired) electrons. The summed E-state index contributed by atoms with van der Waals surface area (Å²) in [6, 6.07) is 5.29. The minimum absolute atomic E-state index is 0.201. The van der Waals surface area contributed by atoms with Crippen molar-refractivity contribution in [1.82, 2.24) is 5.32 Å². The van der Waals surface area contributed by atoms with Crippen molar-refractivity contribution in [3.8, 4) is 0 Å². The topological polar surface area (TPSA) is 95.5 Å². The molecule has 0 aliphatic heterocycles. The van der Waals surface area contributed by atoms with E-state index >= 15 is 0 Å². The average Bonchev–Trinajstić information content (AvgIpc) is 2.35. The van der Waals surface area contributed by atoms with E-state index in [9.17, 15) is 14.4 Å². The minimum atomic E-state index is -1.07. The molecule has 3 N–H and O–H groups in total. The van der Waals surface area contributed by atoms with Crippen molar-refractivity contribution >= 4 is 23.5 Å². The van der Waals surface area contributed by atoms with Gasteiger partial charge in [-0.3, -0.25) is 9.59 Å². The molecule has 1 atom stereocenters. The Morgan fingerprint density at radius 1 is 1.10 bits per heavy atom. The van der Waals surface area contributed by atoms with Gasteiger partial charge in [0.2, 0.25) is 5.91 Å². The van der Waals surface area contributed by atoms with Crippen LogP contribution in [0.2, 0.25) is 0 Å². The van der Waals surface area contributed by atoms with Crippen molar-refractivity contribution in [2.75, 3.05) is 5.32 Å². The number of hydrogen-bond donors (Lipinski definition) is 3. The summed E-state index contributed by atoms with van der Waals surface area (Å²) in [7, 11) is 0. The van der Waals surface area contributed by atoms with Crippen LogP contribution in [0.5, 0.6) is 0 Å². The second kappa shape index (κ2) is 6.70. The molecule has 1 aromatic carbocycles. The molecule has 6 nitrogen and oxygen atoms in total. The quantitative estimate of drug-likeness (QED) is 0.760. The Hall–Kier alpha value is -2.37. The first-order valence-corrected chi connectivity index (χ1v) is 6.22. The molecule has 0 aromatic heterocycles. The Bertz CT molecular complexity index is 508. The fourth-order valence-corrected chi connectivity index (χ4v) is 1.65. The third kappa shape index (κ3) is 4.38. The number of aliphatic carboxylic acids is 1. The first-order chi connectivity index (χ1) is 9.31. The highest BCUT2D eigenvalue weighted by Crippen LogP contribution is 2.10. The molecule has 0 fully saturated rings. The van der Waals surface area contributed by atoms with Crippen LogP contribution in [0.4, 0.5) is 5.69 Å². The predicted molar refractivity (Wildman–Crippen MR) is 74.5 cm³/mol. The summed E-state index contributed by atoms with van der Waals surface area (Å²) >= 11 is 0. The highest BCUT2D eigenvalue weighted by molar-refractivity contribution is 5.97. The molecule has 0 aliphatic rings. The van der Waals surface area contributed by atoms with Gasteiger partial charge in [0.25, 0.3) is 5.91 Å². The number of anilines is 1. The lowest BCUT2D eigenvalue weighted by molar-refractivity contribution is -0.140. The Kier molecular flexibility index (Phi) is 5.25. The van der Waals surface area contributed by atoms with Crippen molar-refractivity contribution in [1.29, 1.82) is 0 Å². The van der Waals surface area contributed by atoms with E-state index in [1.807, 2.05) is 0 Å². The Morgan fingerprint density at radius 3 is 2.05 bits per heavy atom. The van der Waals surface area contributed by atoms with Crippen molar-refractivity contribution in [3.63, 3.8) is 0 Å². The zero-order chi connectivity index (χ0) is 15.3. The second-order valence-electron chi connectivity index (χ2n) is 4.79. The van der Waals surface area contributed by atoms with Gasteiger partial charge < -0.3 is 15.7 Å². The van der Waals surface area contributed by atoms with Gasteiger partial charge in [0.15, 0.2) is 0 Å². The van der Waals surface area contributed by atoms with Crippen LogP contribution in [0.3, 0.4) is 0 Å². The number of carbonyl (C=O) groups excluding carboxylic acids is 2. The van der Waals surface area contributed by atoms with Crippen LogP contribution in [0.1, 0.15) is 31.1 Å². The summed E-state index contributed by atoms with van der Waals surface area (Å²) in [5, 5.41) is 14.1. The van der Waals surface area contributed by atoms with Crippen molar-refractivity contribution in [2.45, 2.75) is 26.8 Å². The normalized spacial score (nSPS) is 11.8. The first-order valence-electron chi connectivity index (χ1n) is 6.22. The van der Waals surface area contributed by atoms with Gasteiger partial charge in [0.1, 0.15) is 6.04 Å². The van der Waals surface area contributed by atoms with Crippen LogP contribution in [0, 0.1) is 5.92 Å². The lowest BCUT2D eigenvalue weighted by Gasteiger charge is -2.17. The number of nitrogens with one attached hydrogen (secondary N) is 2. The van der Waals surface area contributed by atoms with Crippen molar-refractivity contribution < 1.29 is 19.5 Å². The van der Waals surface area contributed by atoms with Gasteiger partial charge in [0.05, 0.1) is 0 Å². The molecular formula is C14H18N2O4. The van der Waals surface area contributed by atoms with Crippen LogP contribution in [0.15, 0.2) is 24.3 Å². The molecule has 0 aliphatic carbocycles. The smallest absolute Gasteiger partial charge is 0.326 e. The van der Waals surface area contributed by atoms with Crippen LogP contribution in [0.25, 0.3) is 0 Å². The monoisotopic (exact) mass is 278 g/mol. The molecule has 20 heavy (non-hydrogen) atoms. The lowest BCUT2D eigenvalue weighted by Crippen LogP contribution is -2.44. The molecule has 2 amide bonds. The summed E-state index contributed by atoms with van der Waals surface area (Å²) in [6.45, 7) is 4.83. The zero-order valence-corrected chi connectivity index (χ0v) is 11.6. The number of amides is 2. The van der Waals surface area contributed by atoms with E-state index in [0.717, 1.165) is 0 Å². The van der Waals surface area contributed by atoms with E-state index < -0.39 is 17.9 Å². The molecule has 0 saturated heterocycles. The van der Waals surface area contributed by atoms with Crippen molar-refractivity contribution in [2.24, 2.45) is 5.92 Å². The largest absolute Gasteiger partial charge is 0.480 e. The summed E-state index contributed by atoms with van der Waals surface area (Å²) in [5.41, 5.74) is 0.915. The van der Waals surface area contributed by atoms with Gasteiger partial charge in [-0.05, 0) is 30.2 Å². The summed E-state index contributed by atoms with van der Waals surface area (Å²) in [6.07, 6.45) is 0. The van der Waals surface area contributed by atoms with Crippen LogP contribution in [-0.4, -0.2) is 28.9 Å². The number of carboxylic acids is 1. The molecule has 0 unspecified atom stereocenters. The van der Waals surface area contributed by atoms with E-state index in [1.54, 1.807) is 26.0 Å². The van der Waals surface area contributed by atoms with Gasteiger partial charge in [-0.1, -0.05) is 13.8 Å². The minimum Gasteiger partial charge on any atom is -0.480 e. The molecular weight excluding hydrogens is 260 g/mol. The second-order valence-corrected chi connectivity index (χ2v) is 4.79. The van der Waals surface area contributed by atoms with E-state index in [1.165, 1.54) is 19.1 Å². The summed E-state index contributed by atoms with van der Waals surface area (Å²) < 4.78 is 0. The Labute approximate surface area is 117 Å². The molecule has 0 bridgehead atoms. The number of carbonyl (C=O) groups is 3. The fourth-order valence-electron chi connectivity index (χ4n) is 1.65. The van der Waals surface area contributed by atoms with Crippen LogP contribution < -0.4 is 10.6 Å². The maximum Gasteiger partial charge on any atom is 0.326 e. The molecule has 0 saturated carbocycles. The molecule has 6 heteroatoms. The lowest BCUT2D eigenvalue weighted by atomic mass is 10.0. The number of carboxylic acid groups (broad SMARTS) is 1. The maximum atomic E-state index is 11.9. The van der Waals surface area contributed by atoms with Gasteiger partial charge in [-0.15, -0.1) is 0 Å². The third-order valence-electron chi connectivity index (χ3n) is 2.69. The molecule has 1 rings (SSSR count). The maximum absolute atomic E-state index is 11.9. The standard InChI is InChI=1S/C14H18N2O4/c1-8(2)12(14(19)20)16-13(18)10-4-6-11(7-5-10)15-9(3)17/h4-8,12H,1-3H3,(H,15,17)(H,16,18)(H,19,20)/t12-/m0/s1. The molecule has 0 heterocycles. The highest BCUT2D eigenvalue weighted by atomic mass is 16.4. The highest BCUT2D eigenvalue weighted by Gasteiger charge is 2.23. The van der Waals surface area contributed by atoms with Gasteiger partial charge in [-0.2, -0.15) is 0 Å². The van der Waals surface area contributed by atoms with E-state index in [4.69, 9.17) is 5.11 Å². The van der Waals surface area contributed by atoms with E-state index in [0.29, 0.717) is 11.3 Å². The first kappa shape index (κ1) is 15.7. The fraction of sp³-hybridized carbons (Fsp3) is 0.357. The number of benzene rings is 1. The van der Waals surface area contributed by atoms with Gasteiger partial charge in [-0.25, -0.2) is 4.79 Å². The Balaban J connectivity index is 2.77. The van der Waals surface area contributed by atoms with Gasteiger partial charge in [0, 0.05) is 18.2 Å². The van der Waals surface area contributed by atoms with Crippen molar-refractivity contribution in [3.05, 3.63) is 29.8 Å². The van der Waals surface area contributed by atoms with Crippen LogP contribution in [-0.2, 0) is 9.59 Å². The summed E-state index contributed by atoms with van der Waals surface area (Å²) in [5.74, 6) is -1.94. The average molecular weight is 278 g/mol. The Morgan fingerprint density at radius 2 is 1.65 bits per heavy atom. The molecule has 0 spiro atoms. The molecule has 1 aromatic rings. The van der Waals surface area contributed by atoms with Gasteiger partial charge >= 0.3 is 5.97 Å². The van der Waals surface area contributed by atoms with E-state index in [2.05, 4.69) is 10.6 Å². The number of rotatable bonds is 5. The SMILES string of the molecule is CC(=O)Nc1ccc(C(=O)N[C@H](C(=O)O)C(C)C)cc1. The van der Waals surface area contributed by atoms with Crippen LogP contribution >= 0.6 is 0 Å². The zero-order valence-electron chi connectivity index (χ0n) is 11.6. The van der Waals surface area contributed by atoms with E-state index in [-0.39, 0.29) is 11.8 Å². The third-order valence-corrected chi connectivity index (χ3v) is 2.69. The molecule has 108 valence electrons. The predicted octanol–water partition coefficient (Wildman–Crippen LogP) is 1.48.